The first-order valence-electron chi connectivity index (χ1n) is 6.24. The highest BCUT2D eigenvalue weighted by Gasteiger charge is 2.27. The van der Waals surface area contributed by atoms with E-state index >= 15 is 0 Å². The maximum atomic E-state index is 11.7. The second kappa shape index (κ2) is 7.27. The molecule has 1 amide bonds. The number of nitrogens with zero attached hydrogens (tertiary/aromatic N) is 1. The van der Waals surface area contributed by atoms with E-state index in [1.165, 1.54) is 0 Å². The van der Waals surface area contributed by atoms with Gasteiger partial charge >= 0.3 is 5.97 Å². The Morgan fingerprint density at radius 1 is 1.35 bits per heavy atom. The normalized spacial score (nSPS) is 16.9. The molecule has 5 heteroatoms. The molecule has 1 rings (SSSR count). The van der Waals surface area contributed by atoms with Gasteiger partial charge in [-0.3, -0.25) is 9.59 Å². The van der Waals surface area contributed by atoms with E-state index < -0.39 is 0 Å². The summed E-state index contributed by atoms with van der Waals surface area (Å²) >= 11 is 0. The van der Waals surface area contributed by atoms with E-state index in [1.807, 2.05) is 0 Å². The predicted octanol–water partition coefficient (Wildman–Crippen LogP) is 0.561. The Kier molecular flexibility index (Phi) is 5.97. The molecule has 0 atom stereocenters. The van der Waals surface area contributed by atoms with E-state index in [1.54, 1.807) is 11.8 Å². The fraction of sp³-hybridized carbons (Fsp3) is 0.833. The number of aliphatic hydroxyl groups is 1. The Hall–Kier alpha value is -1.10. The summed E-state index contributed by atoms with van der Waals surface area (Å²) in [4.78, 5) is 24.9. The van der Waals surface area contributed by atoms with Crippen LogP contribution in [0.1, 0.15) is 32.6 Å². The molecular weight excluding hydrogens is 222 g/mol. The third-order valence-corrected chi connectivity index (χ3v) is 3.02. The molecule has 17 heavy (non-hydrogen) atoms. The van der Waals surface area contributed by atoms with Crippen LogP contribution in [0.25, 0.3) is 0 Å². The monoisotopic (exact) mass is 243 g/mol. The number of aliphatic hydroxyl groups excluding tert-OH is 1. The zero-order chi connectivity index (χ0) is 12.7. The van der Waals surface area contributed by atoms with Gasteiger partial charge in [0, 0.05) is 26.1 Å². The Bertz CT molecular complexity index is 259. The maximum Gasteiger partial charge on any atom is 0.309 e. The van der Waals surface area contributed by atoms with E-state index in [2.05, 4.69) is 0 Å². The number of likely N-dealkylation sites (tertiary alicyclic amines) is 1. The van der Waals surface area contributed by atoms with Gasteiger partial charge in [-0.05, 0) is 26.2 Å². The third-order valence-electron chi connectivity index (χ3n) is 3.02. The van der Waals surface area contributed by atoms with Gasteiger partial charge in [-0.2, -0.15) is 0 Å². The van der Waals surface area contributed by atoms with Crippen molar-refractivity contribution >= 4 is 11.9 Å². The number of piperidine rings is 1. The Balaban J connectivity index is 2.30. The molecule has 1 aliphatic rings. The number of carbonyl (C=O) groups excluding carboxylic acids is 2. The first-order valence-corrected chi connectivity index (χ1v) is 6.24. The van der Waals surface area contributed by atoms with E-state index in [-0.39, 0.29) is 24.4 Å². The summed E-state index contributed by atoms with van der Waals surface area (Å²) in [5.74, 6) is -0.131. The van der Waals surface area contributed by atoms with Gasteiger partial charge in [0.05, 0.1) is 12.5 Å². The van der Waals surface area contributed by atoms with Gasteiger partial charge in [0.25, 0.3) is 0 Å². The van der Waals surface area contributed by atoms with Crippen molar-refractivity contribution in [3.8, 4) is 0 Å². The average molecular weight is 243 g/mol. The largest absolute Gasteiger partial charge is 0.466 e. The Labute approximate surface area is 102 Å². The van der Waals surface area contributed by atoms with Gasteiger partial charge < -0.3 is 14.7 Å². The summed E-state index contributed by atoms with van der Waals surface area (Å²) < 4.78 is 4.97. The van der Waals surface area contributed by atoms with Crippen LogP contribution in [-0.2, 0) is 14.3 Å². The predicted molar refractivity (Wildman–Crippen MR) is 62.3 cm³/mol. The van der Waals surface area contributed by atoms with Crippen molar-refractivity contribution in [3.05, 3.63) is 0 Å². The van der Waals surface area contributed by atoms with Crippen LogP contribution in [0.5, 0.6) is 0 Å². The molecule has 0 aromatic rings. The fourth-order valence-corrected chi connectivity index (χ4v) is 2.01. The van der Waals surface area contributed by atoms with Crippen LogP contribution in [0.4, 0.5) is 0 Å². The summed E-state index contributed by atoms with van der Waals surface area (Å²) in [5, 5.41) is 8.66. The molecule has 0 aromatic carbocycles. The van der Waals surface area contributed by atoms with Gasteiger partial charge in [0.15, 0.2) is 0 Å². The summed E-state index contributed by atoms with van der Waals surface area (Å²) in [6, 6.07) is 0. The van der Waals surface area contributed by atoms with Crippen molar-refractivity contribution in [2.24, 2.45) is 5.92 Å². The minimum Gasteiger partial charge on any atom is -0.466 e. The smallest absolute Gasteiger partial charge is 0.309 e. The van der Waals surface area contributed by atoms with Crippen molar-refractivity contribution in [2.45, 2.75) is 32.6 Å². The van der Waals surface area contributed by atoms with Crippen LogP contribution < -0.4 is 0 Å². The molecule has 1 N–H and O–H groups in total. The van der Waals surface area contributed by atoms with E-state index in [9.17, 15) is 9.59 Å². The summed E-state index contributed by atoms with van der Waals surface area (Å²) in [6.45, 7) is 3.49. The highest BCUT2D eigenvalue weighted by atomic mass is 16.5. The number of esters is 1. The Morgan fingerprint density at radius 2 is 2.00 bits per heavy atom. The van der Waals surface area contributed by atoms with Crippen LogP contribution >= 0.6 is 0 Å². The molecule has 0 radical (unpaired) electrons. The SMILES string of the molecule is CCOC(=O)C1CCN(C(=O)CCCO)CC1. The molecular formula is C12H21NO4. The lowest BCUT2D eigenvalue weighted by molar-refractivity contribution is -0.151. The topological polar surface area (TPSA) is 66.8 Å². The van der Waals surface area contributed by atoms with Gasteiger partial charge in [0.2, 0.25) is 5.91 Å². The number of ether oxygens (including phenoxy) is 1. The fourth-order valence-electron chi connectivity index (χ4n) is 2.01. The zero-order valence-corrected chi connectivity index (χ0v) is 10.4. The molecule has 0 bridgehead atoms. The molecule has 0 aliphatic carbocycles. The van der Waals surface area contributed by atoms with Gasteiger partial charge in [-0.15, -0.1) is 0 Å². The quantitative estimate of drug-likeness (QED) is 0.716. The van der Waals surface area contributed by atoms with Gasteiger partial charge in [0.1, 0.15) is 0 Å². The molecule has 0 saturated carbocycles. The van der Waals surface area contributed by atoms with Gasteiger partial charge in [-0.1, -0.05) is 0 Å². The van der Waals surface area contributed by atoms with Crippen LogP contribution in [0.2, 0.25) is 0 Å². The van der Waals surface area contributed by atoms with E-state index in [0.29, 0.717) is 45.4 Å². The number of amides is 1. The Morgan fingerprint density at radius 3 is 2.53 bits per heavy atom. The van der Waals surface area contributed by atoms with Crippen molar-refractivity contribution in [1.29, 1.82) is 0 Å². The lowest BCUT2D eigenvalue weighted by atomic mass is 9.97. The number of hydrogen-bond donors (Lipinski definition) is 1. The standard InChI is InChI=1S/C12H21NO4/c1-2-17-12(16)10-5-7-13(8-6-10)11(15)4-3-9-14/h10,14H,2-9H2,1H3. The summed E-state index contributed by atoms with van der Waals surface area (Å²) in [6.07, 6.45) is 2.27. The zero-order valence-electron chi connectivity index (χ0n) is 10.4. The number of carbonyl (C=O) groups is 2. The molecule has 5 nitrogen and oxygen atoms in total. The molecule has 0 aromatic heterocycles. The summed E-state index contributed by atoms with van der Waals surface area (Å²) in [7, 11) is 0. The number of rotatable bonds is 5. The molecule has 98 valence electrons. The first kappa shape index (κ1) is 14.0. The maximum absolute atomic E-state index is 11.7. The lowest BCUT2D eigenvalue weighted by Gasteiger charge is -2.30. The van der Waals surface area contributed by atoms with Crippen molar-refractivity contribution in [1.82, 2.24) is 4.90 Å². The highest BCUT2D eigenvalue weighted by molar-refractivity contribution is 5.77. The van der Waals surface area contributed by atoms with E-state index in [4.69, 9.17) is 9.84 Å². The number of hydrogen-bond acceptors (Lipinski definition) is 4. The minimum absolute atomic E-state index is 0.0467. The molecule has 1 aliphatic heterocycles. The molecule has 0 unspecified atom stereocenters. The van der Waals surface area contributed by atoms with Crippen LogP contribution in [0.3, 0.4) is 0 Å². The van der Waals surface area contributed by atoms with Crippen LogP contribution in [0, 0.1) is 5.92 Å². The second-order valence-electron chi connectivity index (χ2n) is 4.23. The lowest BCUT2D eigenvalue weighted by Crippen LogP contribution is -2.40. The average Bonchev–Trinajstić information content (AvgIpc) is 2.36. The van der Waals surface area contributed by atoms with Crippen LogP contribution in [0.15, 0.2) is 0 Å². The third kappa shape index (κ3) is 4.34. The summed E-state index contributed by atoms with van der Waals surface area (Å²) in [5.41, 5.74) is 0. The van der Waals surface area contributed by atoms with Crippen molar-refractivity contribution < 1.29 is 19.4 Å². The second-order valence-corrected chi connectivity index (χ2v) is 4.23. The molecule has 0 spiro atoms. The highest BCUT2D eigenvalue weighted by Crippen LogP contribution is 2.19. The van der Waals surface area contributed by atoms with Crippen molar-refractivity contribution in [2.75, 3.05) is 26.3 Å². The first-order chi connectivity index (χ1) is 8.19. The van der Waals surface area contributed by atoms with Crippen LogP contribution in [-0.4, -0.2) is 48.2 Å². The van der Waals surface area contributed by atoms with E-state index in [0.717, 1.165) is 0 Å². The molecule has 1 heterocycles. The minimum atomic E-state index is -0.144. The van der Waals surface area contributed by atoms with Crippen molar-refractivity contribution in [3.63, 3.8) is 0 Å². The molecule has 1 saturated heterocycles. The molecule has 1 fully saturated rings. The van der Waals surface area contributed by atoms with Gasteiger partial charge in [-0.25, -0.2) is 0 Å².